The minimum Gasteiger partial charge on any atom is -0.497 e. The highest BCUT2D eigenvalue weighted by Gasteiger charge is 2.30. The van der Waals surface area contributed by atoms with Gasteiger partial charge in [-0.05, 0) is 73.9 Å². The first-order chi connectivity index (χ1) is 16.0. The Morgan fingerprint density at radius 1 is 0.971 bits per heavy atom. The van der Waals surface area contributed by atoms with E-state index in [9.17, 15) is 13.2 Å². The van der Waals surface area contributed by atoms with Gasteiger partial charge >= 0.3 is 6.36 Å². The number of rotatable bonds is 7. The van der Waals surface area contributed by atoms with Crippen molar-refractivity contribution in [3.63, 3.8) is 0 Å². The lowest BCUT2D eigenvalue weighted by Gasteiger charge is -2.10. The minimum atomic E-state index is -4.73. The topological polar surface area (TPSA) is 52.4 Å². The van der Waals surface area contributed by atoms with Crippen LogP contribution in [0.25, 0.3) is 5.70 Å². The fraction of sp³-hybridized carbons (Fsp3) is 0.308. The highest BCUT2D eigenvalue weighted by atomic mass is 19.4. The van der Waals surface area contributed by atoms with E-state index in [1.54, 1.807) is 20.2 Å². The molecule has 184 valence electrons. The Balaban J connectivity index is 0.000000479. The maximum Gasteiger partial charge on any atom is 0.573 e. The minimum absolute atomic E-state index is 0.263. The SMILES string of the molecule is C=C(N=C(OC)C(C=C(C)C)=NC)c1ccc(OC(F)(F)F)cc1.CCc1ccc(OC)cc1. The maximum atomic E-state index is 12.2. The smallest absolute Gasteiger partial charge is 0.497 e. The molecule has 5 nitrogen and oxygen atoms in total. The molecule has 0 aliphatic rings. The fourth-order valence-electron chi connectivity index (χ4n) is 2.60. The number of aliphatic imine (C=N–C) groups is 2. The molecule has 0 aliphatic heterocycles. The molecule has 0 aliphatic carbocycles. The summed E-state index contributed by atoms with van der Waals surface area (Å²) in [6.45, 7) is 9.77. The molecule has 0 radical (unpaired) electrons. The van der Waals surface area contributed by atoms with Gasteiger partial charge < -0.3 is 14.2 Å². The number of allylic oxidation sites excluding steroid dienone is 1. The van der Waals surface area contributed by atoms with Crippen molar-refractivity contribution in [2.75, 3.05) is 21.3 Å². The quantitative estimate of drug-likeness (QED) is 0.323. The molecule has 2 aromatic carbocycles. The van der Waals surface area contributed by atoms with E-state index in [0.29, 0.717) is 17.0 Å². The van der Waals surface area contributed by atoms with Crippen LogP contribution in [0.15, 0.2) is 76.7 Å². The van der Waals surface area contributed by atoms with Crippen LogP contribution >= 0.6 is 0 Å². The molecule has 0 heterocycles. The summed E-state index contributed by atoms with van der Waals surface area (Å²) in [5.74, 6) is 0.881. The molecular weight excluding hydrogens is 445 g/mol. The monoisotopic (exact) mass is 476 g/mol. The largest absolute Gasteiger partial charge is 0.573 e. The molecule has 8 heteroatoms. The highest BCUT2D eigenvalue weighted by molar-refractivity contribution is 6.44. The van der Waals surface area contributed by atoms with Gasteiger partial charge in [0.2, 0.25) is 5.90 Å². The summed E-state index contributed by atoms with van der Waals surface area (Å²) >= 11 is 0. The number of aryl methyl sites for hydroxylation is 1. The van der Waals surface area contributed by atoms with Gasteiger partial charge in [-0.1, -0.05) is 31.2 Å². The zero-order chi connectivity index (χ0) is 25.7. The van der Waals surface area contributed by atoms with Crippen LogP contribution in [0.2, 0.25) is 0 Å². The normalized spacial score (nSPS) is 11.7. The van der Waals surface area contributed by atoms with Gasteiger partial charge in [0.1, 0.15) is 17.2 Å². The number of hydrogen-bond donors (Lipinski definition) is 0. The van der Waals surface area contributed by atoms with E-state index in [2.05, 4.69) is 40.4 Å². The zero-order valence-corrected chi connectivity index (χ0v) is 20.4. The Morgan fingerprint density at radius 2 is 1.53 bits per heavy atom. The Labute approximate surface area is 199 Å². The first-order valence-corrected chi connectivity index (χ1v) is 10.5. The molecule has 0 fully saturated rings. The molecule has 0 aromatic heterocycles. The van der Waals surface area contributed by atoms with Crippen molar-refractivity contribution in [1.82, 2.24) is 0 Å². The molecule has 0 unspecified atom stereocenters. The van der Waals surface area contributed by atoms with Crippen molar-refractivity contribution in [2.45, 2.75) is 33.6 Å². The molecule has 0 atom stereocenters. The zero-order valence-electron chi connectivity index (χ0n) is 20.4. The summed E-state index contributed by atoms with van der Waals surface area (Å²) in [6, 6.07) is 13.4. The predicted octanol–water partition coefficient (Wildman–Crippen LogP) is 6.90. The number of nitrogens with zero attached hydrogens (tertiary/aromatic N) is 2. The van der Waals surface area contributed by atoms with E-state index < -0.39 is 6.36 Å². The molecule has 0 bridgehead atoms. The van der Waals surface area contributed by atoms with Crippen molar-refractivity contribution in [1.29, 1.82) is 0 Å². The van der Waals surface area contributed by atoms with Crippen molar-refractivity contribution in [2.24, 2.45) is 9.98 Å². The lowest BCUT2D eigenvalue weighted by molar-refractivity contribution is -0.274. The molecule has 2 rings (SSSR count). The number of halogens is 3. The van der Waals surface area contributed by atoms with Gasteiger partial charge in [0.05, 0.1) is 19.9 Å². The molecular formula is C26H31F3N2O3. The van der Waals surface area contributed by atoms with Crippen LogP contribution in [0.5, 0.6) is 11.5 Å². The van der Waals surface area contributed by atoms with E-state index >= 15 is 0 Å². The van der Waals surface area contributed by atoms with E-state index in [4.69, 9.17) is 9.47 Å². The van der Waals surface area contributed by atoms with Crippen LogP contribution in [0, 0.1) is 0 Å². The summed E-state index contributed by atoms with van der Waals surface area (Å²) in [7, 11) is 4.74. The van der Waals surface area contributed by atoms with Crippen LogP contribution in [0.3, 0.4) is 0 Å². The van der Waals surface area contributed by atoms with Crippen LogP contribution < -0.4 is 9.47 Å². The van der Waals surface area contributed by atoms with E-state index in [-0.39, 0.29) is 11.6 Å². The van der Waals surface area contributed by atoms with Crippen LogP contribution in [0.4, 0.5) is 13.2 Å². The first-order valence-electron chi connectivity index (χ1n) is 10.5. The van der Waals surface area contributed by atoms with Gasteiger partial charge in [0.15, 0.2) is 0 Å². The van der Waals surface area contributed by atoms with Crippen molar-refractivity contribution in [3.8, 4) is 11.5 Å². The van der Waals surface area contributed by atoms with Gasteiger partial charge in [-0.3, -0.25) is 4.99 Å². The van der Waals surface area contributed by atoms with Gasteiger partial charge in [0, 0.05) is 7.05 Å². The Kier molecular flexibility index (Phi) is 11.6. The second-order valence-corrected chi connectivity index (χ2v) is 7.17. The van der Waals surface area contributed by atoms with E-state index in [1.807, 2.05) is 26.0 Å². The van der Waals surface area contributed by atoms with E-state index in [0.717, 1.165) is 17.7 Å². The summed E-state index contributed by atoms with van der Waals surface area (Å²) in [6.07, 6.45) is -1.84. The molecule has 0 N–H and O–H groups in total. The van der Waals surface area contributed by atoms with E-state index in [1.165, 1.54) is 36.9 Å². The second-order valence-electron chi connectivity index (χ2n) is 7.17. The lowest BCUT2D eigenvalue weighted by atomic mass is 10.1. The van der Waals surface area contributed by atoms with Crippen LogP contribution in [0.1, 0.15) is 31.9 Å². The number of hydrogen-bond acceptors (Lipinski definition) is 5. The Hall–Kier alpha value is -3.55. The molecule has 0 spiro atoms. The summed E-state index contributed by atoms with van der Waals surface area (Å²) in [4.78, 5) is 8.35. The lowest BCUT2D eigenvalue weighted by Crippen LogP contribution is -2.17. The summed E-state index contributed by atoms with van der Waals surface area (Å²) < 4.78 is 50.5. The number of alkyl halides is 3. The Morgan fingerprint density at radius 3 is 1.94 bits per heavy atom. The van der Waals surface area contributed by atoms with Gasteiger partial charge in [-0.15, -0.1) is 13.2 Å². The maximum absolute atomic E-state index is 12.2. The van der Waals surface area contributed by atoms with Gasteiger partial charge in [-0.25, -0.2) is 4.99 Å². The van der Waals surface area contributed by atoms with Crippen molar-refractivity contribution in [3.05, 3.63) is 77.9 Å². The standard InChI is InChI=1S/C17H19F3N2O2.C9H12O/c1-11(2)10-15(21-4)16(23-5)22-12(3)13-6-8-14(9-7-13)24-17(18,19)20;1-3-8-4-6-9(10-2)7-5-8/h6-10H,3H2,1-2,4-5H3;4-7H,3H2,1-2H3. The number of methoxy groups -OCH3 is 2. The third-order valence-corrected chi connectivity index (χ3v) is 4.30. The average molecular weight is 477 g/mol. The van der Waals surface area contributed by atoms with Gasteiger partial charge in [0.25, 0.3) is 0 Å². The number of benzene rings is 2. The molecule has 0 saturated carbocycles. The predicted molar refractivity (Wildman–Crippen MR) is 132 cm³/mol. The van der Waals surface area contributed by atoms with Gasteiger partial charge in [-0.2, -0.15) is 0 Å². The third kappa shape index (κ3) is 10.4. The highest BCUT2D eigenvalue weighted by Crippen LogP contribution is 2.24. The molecule has 0 amide bonds. The fourth-order valence-corrected chi connectivity index (χ4v) is 2.60. The molecule has 2 aromatic rings. The summed E-state index contributed by atoms with van der Waals surface area (Å²) in [5.41, 5.74) is 3.76. The first kappa shape index (κ1) is 28.5. The second kappa shape index (κ2) is 13.9. The molecule has 34 heavy (non-hydrogen) atoms. The molecule has 0 saturated heterocycles. The van der Waals surface area contributed by atoms with Crippen molar-refractivity contribution >= 4 is 17.3 Å². The van der Waals surface area contributed by atoms with Crippen LogP contribution in [-0.2, 0) is 11.2 Å². The summed E-state index contributed by atoms with van der Waals surface area (Å²) in [5, 5.41) is 0. The third-order valence-electron chi connectivity index (χ3n) is 4.30. The Bertz CT molecular complexity index is 980. The van der Waals surface area contributed by atoms with Crippen LogP contribution in [-0.4, -0.2) is 39.2 Å². The average Bonchev–Trinajstić information content (AvgIpc) is 2.80. The van der Waals surface area contributed by atoms with Crippen molar-refractivity contribution < 1.29 is 27.4 Å². The number of ether oxygens (including phenoxy) is 3.